The fourth-order valence-electron chi connectivity index (χ4n) is 4.32. The number of imidazole rings is 1. The van der Waals surface area contributed by atoms with Crippen LogP contribution >= 0.6 is 34.7 Å². The Morgan fingerprint density at radius 1 is 1.44 bits per heavy atom. The highest BCUT2D eigenvalue weighted by Crippen LogP contribution is 2.40. The Kier molecular flexibility index (Phi) is 7.58. The Morgan fingerprint density at radius 3 is 2.85 bits per heavy atom. The van der Waals surface area contributed by atoms with Gasteiger partial charge in [0, 0.05) is 18.4 Å². The molecule has 1 fully saturated rings. The van der Waals surface area contributed by atoms with Crippen molar-refractivity contribution in [3.05, 3.63) is 46.0 Å². The van der Waals surface area contributed by atoms with Crippen molar-refractivity contribution in [1.29, 1.82) is 0 Å². The third-order valence-corrected chi connectivity index (χ3v) is 8.76. The number of carboxylic acid groups (broad SMARTS) is 2. The number of hydrogen-bond acceptors (Lipinski definition) is 12. The van der Waals surface area contributed by atoms with Crippen molar-refractivity contribution in [2.75, 3.05) is 11.5 Å². The number of hydrogen-bond donors (Lipinski definition) is 3. The molecular formula is C23H21ClN8O7S2. The summed E-state index contributed by atoms with van der Waals surface area (Å²) in [5, 5.41) is 26.7. The molecule has 18 heteroatoms. The average Bonchev–Trinajstić information content (AvgIpc) is 3.47. The summed E-state index contributed by atoms with van der Waals surface area (Å²) in [6.45, 7) is 1.35. The number of thiazole rings is 1. The number of nitrogens with zero attached hydrogens (tertiary/aromatic N) is 6. The Bertz CT molecular complexity index is 1670. The monoisotopic (exact) mass is 620 g/mol. The molecular weight excluding hydrogens is 600 g/mol. The van der Waals surface area contributed by atoms with Gasteiger partial charge in [0.05, 0.1) is 17.9 Å². The van der Waals surface area contributed by atoms with Crippen LogP contribution in [0.3, 0.4) is 0 Å². The highest BCUT2D eigenvalue weighted by atomic mass is 35.5. The number of β-lactam (4-membered cyclic amide) rings is 1. The van der Waals surface area contributed by atoms with Crippen molar-refractivity contribution in [2.24, 2.45) is 12.2 Å². The molecule has 2 amide bonds. The molecule has 2 aliphatic heterocycles. The number of thioether (sulfide) groups is 1. The minimum absolute atomic E-state index is 0.0104. The molecule has 1 saturated heterocycles. The minimum atomic E-state index is -1.53. The van der Waals surface area contributed by atoms with Crippen LogP contribution in [-0.2, 0) is 37.6 Å². The summed E-state index contributed by atoms with van der Waals surface area (Å²) < 4.78 is 3.60. The molecule has 0 aromatic carbocycles. The van der Waals surface area contributed by atoms with Gasteiger partial charge in [0.1, 0.15) is 33.5 Å². The van der Waals surface area contributed by atoms with E-state index in [2.05, 4.69) is 20.4 Å². The molecule has 2 aliphatic rings. The maximum Gasteiger partial charge on any atom is 0.348 e. The minimum Gasteiger partial charge on any atom is -0.543 e. The number of halogens is 1. The highest BCUT2D eigenvalue weighted by molar-refractivity contribution is 8.00. The van der Waals surface area contributed by atoms with Crippen LogP contribution in [0.15, 0.2) is 41.1 Å². The van der Waals surface area contributed by atoms with E-state index in [1.165, 1.54) is 18.7 Å². The Morgan fingerprint density at radius 2 is 2.20 bits per heavy atom. The standard InChI is InChI=1S/C23H21ClN8O7S2/c1-9(21(35)36)39-29-13(12-16(24)41-23(25)28-12)18(33)27-14-19(34)32-15(22(37)38)10(7-40-20(14)32)6-31-5-3-4-11-17(31)26-8-30(11)2/h3-5,8-9,14,20H,6-7H2,1-2H3,(H4-,25,27,28,33,35,36,37,38)/b29-13-/t9-,14+,20?/m0/s1. The van der Waals surface area contributed by atoms with Crippen molar-refractivity contribution in [2.45, 2.75) is 31.0 Å². The first-order chi connectivity index (χ1) is 19.5. The summed E-state index contributed by atoms with van der Waals surface area (Å²) in [5.74, 6) is -4.27. The number of nitrogens with two attached hydrogens (primary N) is 1. The number of carbonyl (C=O) groups is 4. The summed E-state index contributed by atoms with van der Waals surface area (Å²) in [6.07, 6.45) is 1.99. The number of carboxylic acids is 2. The predicted octanol–water partition coefficient (Wildman–Crippen LogP) is -1.15. The molecule has 0 saturated carbocycles. The first-order valence-electron chi connectivity index (χ1n) is 11.8. The molecule has 0 aliphatic carbocycles. The zero-order chi connectivity index (χ0) is 29.6. The lowest BCUT2D eigenvalue weighted by molar-refractivity contribution is -0.664. The zero-order valence-electron chi connectivity index (χ0n) is 21.3. The van der Waals surface area contributed by atoms with Gasteiger partial charge in [-0.1, -0.05) is 28.1 Å². The molecule has 41 heavy (non-hydrogen) atoms. The Labute approximate surface area is 244 Å². The Hall–Kier alpha value is -4.22. The number of carbonyl (C=O) groups excluding carboxylic acids is 3. The Balaban J connectivity index is 1.39. The van der Waals surface area contributed by atoms with E-state index in [-0.39, 0.29) is 33.2 Å². The van der Waals surface area contributed by atoms with Gasteiger partial charge in [-0.25, -0.2) is 14.3 Å². The van der Waals surface area contributed by atoms with Crippen LogP contribution in [0.1, 0.15) is 12.6 Å². The summed E-state index contributed by atoms with van der Waals surface area (Å²) >= 11 is 8.25. The van der Waals surface area contributed by atoms with Crippen LogP contribution in [0.25, 0.3) is 11.2 Å². The van der Waals surface area contributed by atoms with E-state index in [0.717, 1.165) is 21.8 Å². The van der Waals surface area contributed by atoms with E-state index >= 15 is 0 Å². The van der Waals surface area contributed by atoms with Gasteiger partial charge < -0.3 is 35.5 Å². The lowest BCUT2D eigenvalue weighted by atomic mass is 10.0. The van der Waals surface area contributed by atoms with Crippen LogP contribution in [0.5, 0.6) is 0 Å². The molecule has 0 bridgehead atoms. The number of aliphatic carboxylic acids is 2. The number of pyridine rings is 1. The second-order valence-electron chi connectivity index (χ2n) is 9.00. The summed E-state index contributed by atoms with van der Waals surface area (Å²) in [7, 11) is 1.84. The topological polar surface area (TPSA) is 209 Å². The largest absolute Gasteiger partial charge is 0.543 e. The van der Waals surface area contributed by atoms with E-state index in [4.69, 9.17) is 27.3 Å². The van der Waals surface area contributed by atoms with Crippen LogP contribution < -0.4 is 20.7 Å². The van der Waals surface area contributed by atoms with Gasteiger partial charge in [-0.3, -0.25) is 14.5 Å². The molecule has 214 valence electrons. The number of nitrogen functional groups attached to an aromatic ring is 1. The zero-order valence-corrected chi connectivity index (χ0v) is 23.7. The molecule has 15 nitrogen and oxygen atoms in total. The van der Waals surface area contributed by atoms with E-state index in [0.29, 0.717) is 11.2 Å². The molecule has 5 heterocycles. The molecule has 3 atom stereocenters. The van der Waals surface area contributed by atoms with Gasteiger partial charge in [-0.2, -0.15) is 0 Å². The summed E-state index contributed by atoms with van der Waals surface area (Å²) in [6, 6.07) is 2.56. The first kappa shape index (κ1) is 28.3. The highest BCUT2D eigenvalue weighted by Gasteiger charge is 2.53. The van der Waals surface area contributed by atoms with Crippen LogP contribution in [0, 0.1) is 0 Å². The second-order valence-corrected chi connectivity index (χ2v) is 11.7. The van der Waals surface area contributed by atoms with Crippen molar-refractivity contribution in [3.63, 3.8) is 0 Å². The number of rotatable bonds is 9. The van der Waals surface area contributed by atoms with E-state index in [1.54, 1.807) is 17.1 Å². The normalized spacial score (nSPS) is 19.5. The van der Waals surface area contributed by atoms with Crippen molar-refractivity contribution >= 4 is 80.5 Å². The van der Waals surface area contributed by atoms with Crippen molar-refractivity contribution in [1.82, 2.24) is 24.8 Å². The number of aryl methyl sites for hydroxylation is 1. The molecule has 1 unspecified atom stereocenters. The lowest BCUT2D eigenvalue weighted by Gasteiger charge is -2.50. The number of fused-ring (bicyclic) bond motifs is 2. The van der Waals surface area contributed by atoms with E-state index in [1.807, 2.05) is 23.7 Å². The van der Waals surface area contributed by atoms with Crippen LogP contribution in [0.4, 0.5) is 5.13 Å². The predicted molar refractivity (Wildman–Crippen MR) is 144 cm³/mol. The number of aromatic nitrogens is 4. The smallest absolute Gasteiger partial charge is 0.348 e. The first-order valence-corrected chi connectivity index (χ1v) is 14.1. The summed E-state index contributed by atoms with van der Waals surface area (Å²) in [5.41, 5.74) is 6.66. The fraction of sp³-hybridized carbons (Fsp3) is 0.304. The average molecular weight is 621 g/mol. The molecule has 5 rings (SSSR count). The fourth-order valence-corrected chi connectivity index (χ4v) is 6.58. The summed E-state index contributed by atoms with van der Waals surface area (Å²) in [4.78, 5) is 64.1. The number of anilines is 1. The van der Waals surface area contributed by atoms with Gasteiger partial charge in [0.25, 0.3) is 11.8 Å². The van der Waals surface area contributed by atoms with E-state index in [9.17, 15) is 24.3 Å². The molecule has 0 spiro atoms. The molecule has 4 N–H and O–H groups in total. The van der Waals surface area contributed by atoms with Gasteiger partial charge >= 0.3 is 11.6 Å². The van der Waals surface area contributed by atoms with E-state index < -0.39 is 47.0 Å². The quantitative estimate of drug-likeness (QED) is 0.113. The van der Waals surface area contributed by atoms with Gasteiger partial charge in [-0.05, 0) is 24.0 Å². The van der Waals surface area contributed by atoms with Crippen LogP contribution in [0.2, 0.25) is 4.34 Å². The second kappa shape index (κ2) is 11.0. The van der Waals surface area contributed by atoms with Gasteiger partial charge in [0.15, 0.2) is 10.8 Å². The maximum atomic E-state index is 13.2. The van der Waals surface area contributed by atoms with Gasteiger partial charge in [0.2, 0.25) is 12.4 Å². The third-order valence-electron chi connectivity index (χ3n) is 6.33. The third kappa shape index (κ3) is 5.18. The van der Waals surface area contributed by atoms with Crippen LogP contribution in [-0.4, -0.2) is 77.3 Å². The van der Waals surface area contributed by atoms with Crippen molar-refractivity contribution in [3.8, 4) is 0 Å². The number of amides is 2. The number of oxime groups is 1. The van der Waals surface area contributed by atoms with Crippen molar-refractivity contribution < 1.29 is 38.8 Å². The molecule has 3 aromatic heterocycles. The maximum absolute atomic E-state index is 13.2. The number of nitrogens with one attached hydrogen (secondary N) is 1. The lowest BCUT2D eigenvalue weighted by Crippen LogP contribution is -2.71. The van der Waals surface area contributed by atoms with Gasteiger partial charge in [-0.15, -0.1) is 11.8 Å². The molecule has 0 radical (unpaired) electrons. The SMILES string of the molecule is C[C@H](O/N=C(\C(=O)N[C@@H]1C(=O)N2C(C(=O)[O-])=C(C[n+]3cccc4c3ncn4C)CSC12)c1nc(N)sc1Cl)C(=O)O. The molecule has 3 aromatic rings.